The van der Waals surface area contributed by atoms with Gasteiger partial charge in [-0.15, -0.1) is 0 Å². The molecular formula is C27H28ClFN4O4. The summed E-state index contributed by atoms with van der Waals surface area (Å²) in [5.41, 5.74) is 0.762. The zero-order chi connectivity index (χ0) is 26.2. The fourth-order valence-electron chi connectivity index (χ4n) is 5.45. The quantitative estimate of drug-likeness (QED) is 0.436. The minimum atomic E-state index is -0.837. The smallest absolute Gasteiger partial charge is 0.272 e. The monoisotopic (exact) mass is 526 g/mol. The van der Waals surface area contributed by atoms with Crippen molar-refractivity contribution < 1.29 is 23.8 Å². The summed E-state index contributed by atoms with van der Waals surface area (Å²) in [6, 6.07) is 15.4. The van der Waals surface area contributed by atoms with Crippen molar-refractivity contribution in [3.63, 3.8) is 0 Å². The van der Waals surface area contributed by atoms with Gasteiger partial charge in [-0.2, -0.15) is 5.10 Å². The number of carbonyl (C=O) groups excluding carboxylic acids is 2. The molecule has 0 unspecified atom stereocenters. The number of aromatic nitrogens is 2. The molecule has 6 rings (SSSR count). The molecule has 0 radical (unpaired) electrons. The number of aliphatic hydroxyl groups excluding tert-OH is 1. The number of aliphatic hydroxyl groups is 1. The van der Waals surface area contributed by atoms with Crippen molar-refractivity contribution in [2.75, 3.05) is 6.61 Å². The topological polar surface area (TPSA) is 105 Å². The van der Waals surface area contributed by atoms with Crippen LogP contribution in [0.3, 0.4) is 0 Å². The number of carbonyl (C=O) groups is 2. The molecule has 1 atom stereocenters. The molecule has 2 amide bonds. The maximum atomic E-state index is 13.6. The highest BCUT2D eigenvalue weighted by molar-refractivity contribution is 6.30. The van der Waals surface area contributed by atoms with E-state index in [0.29, 0.717) is 37.8 Å². The van der Waals surface area contributed by atoms with Crippen molar-refractivity contribution in [2.45, 2.75) is 49.3 Å². The van der Waals surface area contributed by atoms with Crippen molar-refractivity contribution in [2.24, 2.45) is 7.05 Å². The molecule has 2 bridgehead atoms. The maximum Gasteiger partial charge on any atom is 0.272 e. The third-order valence-corrected chi connectivity index (χ3v) is 7.84. The van der Waals surface area contributed by atoms with Crippen molar-refractivity contribution >= 4 is 23.4 Å². The van der Waals surface area contributed by atoms with E-state index in [0.717, 1.165) is 17.3 Å². The van der Waals surface area contributed by atoms with Crippen molar-refractivity contribution in [3.05, 3.63) is 71.1 Å². The van der Waals surface area contributed by atoms with Crippen molar-refractivity contribution in [1.29, 1.82) is 0 Å². The van der Waals surface area contributed by atoms with Crippen molar-refractivity contribution in [3.8, 4) is 17.0 Å². The number of nitrogens with zero attached hydrogens (tertiary/aromatic N) is 2. The predicted octanol–water partition coefficient (Wildman–Crippen LogP) is 3.62. The molecule has 3 N–H and O–H groups in total. The Morgan fingerprint density at radius 1 is 1.14 bits per heavy atom. The summed E-state index contributed by atoms with van der Waals surface area (Å²) in [5.74, 6) is -1.13. The first-order chi connectivity index (χ1) is 17.7. The third-order valence-electron chi connectivity index (χ3n) is 7.53. The first kappa shape index (κ1) is 25.2. The van der Waals surface area contributed by atoms with Gasteiger partial charge in [0.15, 0.2) is 12.3 Å². The number of ether oxygens (including phenoxy) is 1. The minimum absolute atomic E-state index is 0.0292. The number of halogens is 2. The Balaban J connectivity index is 1.20. The van der Waals surface area contributed by atoms with Gasteiger partial charge in [0.25, 0.3) is 11.8 Å². The van der Waals surface area contributed by atoms with Gasteiger partial charge in [0.2, 0.25) is 0 Å². The van der Waals surface area contributed by atoms with Gasteiger partial charge in [-0.1, -0.05) is 41.9 Å². The fourth-order valence-corrected chi connectivity index (χ4v) is 5.57. The lowest BCUT2D eigenvalue weighted by atomic mass is 9.60. The molecule has 2 aromatic carbocycles. The van der Waals surface area contributed by atoms with E-state index in [1.165, 1.54) is 12.1 Å². The van der Waals surface area contributed by atoms with E-state index in [2.05, 4.69) is 15.7 Å². The Bertz CT molecular complexity index is 1320. The Labute approximate surface area is 218 Å². The van der Waals surface area contributed by atoms with Gasteiger partial charge < -0.3 is 20.5 Å². The van der Waals surface area contributed by atoms with Gasteiger partial charge in [0, 0.05) is 18.7 Å². The minimum Gasteiger partial charge on any atom is -0.484 e. The molecule has 3 aliphatic rings. The molecule has 3 saturated carbocycles. The number of fused-ring (bicyclic) bond motifs is 3. The summed E-state index contributed by atoms with van der Waals surface area (Å²) in [5, 5.41) is 21.4. The lowest BCUT2D eigenvalue weighted by Gasteiger charge is -2.56. The lowest BCUT2D eigenvalue weighted by Crippen LogP contribution is -2.70. The average molecular weight is 527 g/mol. The van der Waals surface area contributed by atoms with E-state index >= 15 is 0 Å². The molecule has 37 heavy (non-hydrogen) atoms. The van der Waals surface area contributed by atoms with Crippen LogP contribution < -0.4 is 15.4 Å². The molecule has 3 aliphatic carbocycles. The highest BCUT2D eigenvalue weighted by atomic mass is 35.5. The second-order valence-electron chi connectivity index (χ2n) is 9.93. The Morgan fingerprint density at radius 3 is 2.54 bits per heavy atom. The first-order valence-corrected chi connectivity index (χ1v) is 12.6. The number of amides is 2. The summed E-state index contributed by atoms with van der Waals surface area (Å²) in [6.07, 6.45) is 1.71. The zero-order valence-corrected chi connectivity index (χ0v) is 21.1. The number of hydrogen-bond acceptors (Lipinski definition) is 5. The van der Waals surface area contributed by atoms with Gasteiger partial charge in [-0.05, 0) is 55.9 Å². The van der Waals surface area contributed by atoms with Crippen LogP contribution in [0.1, 0.15) is 42.6 Å². The van der Waals surface area contributed by atoms with E-state index in [9.17, 15) is 19.1 Å². The van der Waals surface area contributed by atoms with Crippen molar-refractivity contribution in [1.82, 2.24) is 20.4 Å². The molecule has 10 heteroatoms. The predicted molar refractivity (Wildman–Crippen MR) is 136 cm³/mol. The standard InChI is InChI=1S/C27H28ClFN4O4/c1-33-22(17-5-3-2-4-6-17)14-21(32-33)25(36)31-26-9-11-27(12-10-26,23(34)15-26)30-24(35)16-37-18-7-8-19(28)20(29)13-18/h2-8,13-14,23,34H,9-12,15-16H2,1H3,(H,30,35)(H,31,36)/t23-,26?,27?/m0/s1. The van der Waals surface area contributed by atoms with Crippen LogP contribution in [0.15, 0.2) is 54.6 Å². The largest absolute Gasteiger partial charge is 0.484 e. The highest BCUT2D eigenvalue weighted by Crippen LogP contribution is 2.47. The van der Waals surface area contributed by atoms with E-state index < -0.39 is 28.9 Å². The number of aryl methyl sites for hydroxylation is 1. The zero-order valence-electron chi connectivity index (χ0n) is 20.3. The van der Waals surface area contributed by atoms with Gasteiger partial charge >= 0.3 is 0 Å². The normalized spacial score (nSPS) is 24.5. The van der Waals surface area contributed by atoms with Gasteiger partial charge in [0.05, 0.1) is 22.4 Å². The third kappa shape index (κ3) is 5.06. The number of rotatable bonds is 7. The molecule has 3 aromatic rings. The number of benzene rings is 2. The SMILES string of the molecule is Cn1nc(C(=O)NC23CCC(NC(=O)COc4ccc(Cl)c(F)c4)(CC2)[C@@H](O)C3)cc1-c1ccccc1. The molecule has 8 nitrogen and oxygen atoms in total. The second-order valence-corrected chi connectivity index (χ2v) is 10.3. The van der Waals surface area contributed by atoms with Crippen LogP contribution in [0.4, 0.5) is 4.39 Å². The van der Waals surface area contributed by atoms with E-state index in [1.54, 1.807) is 17.8 Å². The van der Waals surface area contributed by atoms with E-state index in [-0.39, 0.29) is 23.3 Å². The average Bonchev–Trinajstić information content (AvgIpc) is 3.28. The maximum absolute atomic E-state index is 13.6. The molecule has 194 valence electrons. The van der Waals surface area contributed by atoms with Crippen LogP contribution in [0.2, 0.25) is 5.02 Å². The molecule has 3 fully saturated rings. The van der Waals surface area contributed by atoms with Crippen LogP contribution in [0, 0.1) is 5.82 Å². The van der Waals surface area contributed by atoms with Gasteiger partial charge in [-0.3, -0.25) is 14.3 Å². The second kappa shape index (κ2) is 9.79. The van der Waals surface area contributed by atoms with Gasteiger partial charge in [0.1, 0.15) is 11.6 Å². The summed E-state index contributed by atoms with van der Waals surface area (Å²) >= 11 is 5.67. The molecule has 1 aromatic heterocycles. The van der Waals surface area contributed by atoms with Crippen LogP contribution in [-0.4, -0.2) is 50.5 Å². The first-order valence-electron chi connectivity index (χ1n) is 12.2. The summed E-state index contributed by atoms with van der Waals surface area (Å²) < 4.78 is 20.7. The Kier molecular flexibility index (Phi) is 6.68. The number of hydrogen-bond donors (Lipinski definition) is 3. The Morgan fingerprint density at radius 2 is 1.86 bits per heavy atom. The van der Waals surface area contributed by atoms with Crippen LogP contribution in [-0.2, 0) is 11.8 Å². The lowest BCUT2D eigenvalue weighted by molar-refractivity contribution is -0.132. The molecular weight excluding hydrogens is 499 g/mol. The van der Waals surface area contributed by atoms with Crippen LogP contribution >= 0.6 is 11.6 Å². The molecule has 1 heterocycles. The molecule has 0 saturated heterocycles. The highest BCUT2D eigenvalue weighted by Gasteiger charge is 2.55. The number of nitrogens with one attached hydrogen (secondary N) is 2. The fraction of sp³-hybridized carbons (Fsp3) is 0.370. The summed E-state index contributed by atoms with van der Waals surface area (Å²) in [7, 11) is 1.80. The van der Waals surface area contributed by atoms with Crippen LogP contribution in [0.5, 0.6) is 5.75 Å². The Hall–Kier alpha value is -3.43. The molecule has 0 spiro atoms. The van der Waals surface area contributed by atoms with Gasteiger partial charge in [-0.25, -0.2) is 4.39 Å². The van der Waals surface area contributed by atoms with Crippen LogP contribution in [0.25, 0.3) is 11.3 Å². The van der Waals surface area contributed by atoms with E-state index in [4.69, 9.17) is 16.3 Å². The summed E-state index contributed by atoms with van der Waals surface area (Å²) in [6.45, 7) is -0.319. The molecule has 0 aliphatic heterocycles. The summed E-state index contributed by atoms with van der Waals surface area (Å²) in [4.78, 5) is 25.7. The van der Waals surface area contributed by atoms with E-state index in [1.807, 2.05) is 30.3 Å².